The van der Waals surface area contributed by atoms with E-state index >= 15 is 0 Å². The minimum atomic E-state index is 0.944. The van der Waals surface area contributed by atoms with E-state index in [1.165, 1.54) is 11.1 Å². The van der Waals surface area contributed by atoms with Gasteiger partial charge in [-0.3, -0.25) is 0 Å². The van der Waals surface area contributed by atoms with Crippen LogP contribution in [0.25, 0.3) is 0 Å². The molecule has 0 saturated heterocycles. The van der Waals surface area contributed by atoms with E-state index in [1.54, 1.807) is 7.11 Å². The van der Waals surface area contributed by atoms with Gasteiger partial charge in [0, 0.05) is 18.7 Å². The molecular weight excluding hydrogens is 138 g/mol. The Labute approximate surface area is 66.2 Å². The molecule has 1 aromatic carbocycles. The van der Waals surface area contributed by atoms with E-state index in [1.807, 2.05) is 12.1 Å². The fraction of sp³-hybridized carbons (Fsp3) is 0.333. The number of hydrogen-bond donors (Lipinski definition) is 1. The number of ether oxygens (including phenoxy) is 1. The summed E-state index contributed by atoms with van der Waals surface area (Å²) < 4.78 is 5.22. The van der Waals surface area contributed by atoms with E-state index in [-0.39, 0.29) is 0 Å². The van der Waals surface area contributed by atoms with Gasteiger partial charge in [-0.05, 0) is 11.6 Å². The lowest BCUT2D eigenvalue weighted by atomic mass is 10.1. The van der Waals surface area contributed by atoms with Crippen molar-refractivity contribution in [2.75, 3.05) is 7.11 Å². The minimum Gasteiger partial charge on any atom is -0.496 e. The molecule has 2 heteroatoms. The molecule has 2 nitrogen and oxygen atoms in total. The summed E-state index contributed by atoms with van der Waals surface area (Å²) in [6.45, 7) is 1.92. The monoisotopic (exact) mass is 149 g/mol. The van der Waals surface area contributed by atoms with Crippen LogP contribution in [0.5, 0.6) is 5.75 Å². The third kappa shape index (κ3) is 0.994. The van der Waals surface area contributed by atoms with Crippen molar-refractivity contribution in [2.45, 2.75) is 13.1 Å². The Hall–Kier alpha value is -1.02. The van der Waals surface area contributed by atoms with Crippen molar-refractivity contribution >= 4 is 0 Å². The molecule has 2 rings (SSSR count). The number of fused-ring (bicyclic) bond motifs is 1. The quantitative estimate of drug-likeness (QED) is 0.649. The molecule has 1 aliphatic heterocycles. The van der Waals surface area contributed by atoms with Gasteiger partial charge in [0.05, 0.1) is 7.11 Å². The van der Waals surface area contributed by atoms with Crippen LogP contribution in [0.1, 0.15) is 11.1 Å². The normalized spacial score (nSPS) is 14.6. The predicted molar refractivity (Wildman–Crippen MR) is 43.5 cm³/mol. The van der Waals surface area contributed by atoms with E-state index in [0.717, 1.165) is 18.8 Å². The van der Waals surface area contributed by atoms with Gasteiger partial charge in [-0.15, -0.1) is 0 Å². The Bertz CT molecular complexity index is 270. The summed E-state index contributed by atoms with van der Waals surface area (Å²) in [5.74, 6) is 1.01. The topological polar surface area (TPSA) is 21.3 Å². The molecule has 0 atom stereocenters. The maximum atomic E-state index is 5.22. The van der Waals surface area contributed by atoms with Crippen LogP contribution in [0.2, 0.25) is 0 Å². The highest BCUT2D eigenvalue weighted by atomic mass is 16.5. The van der Waals surface area contributed by atoms with Gasteiger partial charge in [0.1, 0.15) is 5.75 Å². The van der Waals surface area contributed by atoms with Gasteiger partial charge in [0.2, 0.25) is 0 Å². The molecule has 0 spiro atoms. The number of methoxy groups -OCH3 is 1. The van der Waals surface area contributed by atoms with Crippen LogP contribution in [0.15, 0.2) is 18.2 Å². The average molecular weight is 149 g/mol. The standard InChI is InChI=1S/C9H11NO/c1-11-9-4-2-3-7-5-10-6-8(7)9/h2-4,10H,5-6H2,1H3. The smallest absolute Gasteiger partial charge is 0.123 e. The van der Waals surface area contributed by atoms with Crippen molar-refractivity contribution in [2.24, 2.45) is 0 Å². The molecule has 0 radical (unpaired) electrons. The molecule has 1 aliphatic rings. The third-order valence-electron chi connectivity index (χ3n) is 2.07. The molecule has 0 aliphatic carbocycles. The number of rotatable bonds is 1. The third-order valence-corrected chi connectivity index (χ3v) is 2.07. The second-order valence-electron chi connectivity index (χ2n) is 2.70. The molecule has 0 bridgehead atoms. The first-order valence-electron chi connectivity index (χ1n) is 3.77. The Balaban J connectivity index is 2.50. The van der Waals surface area contributed by atoms with E-state index in [0.29, 0.717) is 0 Å². The Morgan fingerprint density at radius 3 is 3.09 bits per heavy atom. The SMILES string of the molecule is COc1cccc2c1CNC2. The van der Waals surface area contributed by atoms with Crippen LogP contribution in [0.4, 0.5) is 0 Å². The zero-order valence-electron chi connectivity index (χ0n) is 6.55. The molecule has 58 valence electrons. The van der Waals surface area contributed by atoms with Gasteiger partial charge < -0.3 is 10.1 Å². The van der Waals surface area contributed by atoms with Crippen LogP contribution in [-0.2, 0) is 13.1 Å². The lowest BCUT2D eigenvalue weighted by Gasteiger charge is -2.04. The van der Waals surface area contributed by atoms with Crippen molar-refractivity contribution in [1.29, 1.82) is 0 Å². The molecule has 0 aromatic heterocycles. The molecule has 0 saturated carbocycles. The molecular formula is C9H11NO. The van der Waals surface area contributed by atoms with Gasteiger partial charge in [0.25, 0.3) is 0 Å². The maximum Gasteiger partial charge on any atom is 0.123 e. The Kier molecular flexibility index (Phi) is 1.55. The first-order chi connectivity index (χ1) is 5.42. The Morgan fingerprint density at radius 1 is 1.36 bits per heavy atom. The second kappa shape index (κ2) is 2.55. The number of benzene rings is 1. The summed E-state index contributed by atoms with van der Waals surface area (Å²) >= 11 is 0. The summed E-state index contributed by atoms with van der Waals surface area (Å²) in [5.41, 5.74) is 2.68. The summed E-state index contributed by atoms with van der Waals surface area (Å²) in [5, 5.41) is 3.28. The van der Waals surface area contributed by atoms with Crippen LogP contribution in [0.3, 0.4) is 0 Å². The van der Waals surface area contributed by atoms with Gasteiger partial charge in [0.15, 0.2) is 0 Å². The fourth-order valence-electron chi connectivity index (χ4n) is 1.49. The molecule has 1 aromatic rings. The average Bonchev–Trinajstić information content (AvgIpc) is 2.50. The Morgan fingerprint density at radius 2 is 2.27 bits per heavy atom. The van der Waals surface area contributed by atoms with Crippen molar-refractivity contribution < 1.29 is 4.74 Å². The summed E-state index contributed by atoms with van der Waals surface area (Å²) in [6, 6.07) is 6.17. The minimum absolute atomic E-state index is 0.944. The van der Waals surface area contributed by atoms with Crippen LogP contribution < -0.4 is 10.1 Å². The molecule has 11 heavy (non-hydrogen) atoms. The summed E-state index contributed by atoms with van der Waals surface area (Å²) in [4.78, 5) is 0. The highest BCUT2D eigenvalue weighted by molar-refractivity contribution is 5.42. The first-order valence-corrected chi connectivity index (χ1v) is 3.77. The highest BCUT2D eigenvalue weighted by Crippen LogP contribution is 2.25. The van der Waals surface area contributed by atoms with E-state index in [4.69, 9.17) is 4.74 Å². The largest absolute Gasteiger partial charge is 0.496 e. The van der Waals surface area contributed by atoms with Gasteiger partial charge >= 0.3 is 0 Å². The molecule has 0 amide bonds. The lowest BCUT2D eigenvalue weighted by Crippen LogP contribution is -2.00. The van der Waals surface area contributed by atoms with Gasteiger partial charge in [-0.2, -0.15) is 0 Å². The summed E-state index contributed by atoms with van der Waals surface area (Å²) in [7, 11) is 1.72. The molecule has 1 heterocycles. The number of nitrogens with one attached hydrogen (secondary N) is 1. The lowest BCUT2D eigenvalue weighted by molar-refractivity contribution is 0.410. The van der Waals surface area contributed by atoms with Crippen LogP contribution in [-0.4, -0.2) is 7.11 Å². The zero-order valence-corrected chi connectivity index (χ0v) is 6.55. The number of hydrogen-bond acceptors (Lipinski definition) is 2. The first kappa shape index (κ1) is 6.68. The van der Waals surface area contributed by atoms with Gasteiger partial charge in [-0.25, -0.2) is 0 Å². The van der Waals surface area contributed by atoms with E-state index in [2.05, 4.69) is 11.4 Å². The highest BCUT2D eigenvalue weighted by Gasteiger charge is 2.13. The zero-order chi connectivity index (χ0) is 7.68. The van der Waals surface area contributed by atoms with Crippen LogP contribution in [0, 0.1) is 0 Å². The van der Waals surface area contributed by atoms with Crippen molar-refractivity contribution in [3.63, 3.8) is 0 Å². The van der Waals surface area contributed by atoms with Crippen molar-refractivity contribution in [3.8, 4) is 5.75 Å². The molecule has 0 unspecified atom stereocenters. The summed E-state index contributed by atoms with van der Waals surface area (Å²) in [6.07, 6.45) is 0. The van der Waals surface area contributed by atoms with E-state index < -0.39 is 0 Å². The molecule has 1 N–H and O–H groups in total. The molecule has 0 fully saturated rings. The van der Waals surface area contributed by atoms with E-state index in [9.17, 15) is 0 Å². The van der Waals surface area contributed by atoms with Crippen molar-refractivity contribution in [1.82, 2.24) is 5.32 Å². The maximum absolute atomic E-state index is 5.22. The fourth-order valence-corrected chi connectivity index (χ4v) is 1.49. The predicted octanol–water partition coefficient (Wildman–Crippen LogP) is 1.30. The van der Waals surface area contributed by atoms with Crippen LogP contribution >= 0.6 is 0 Å². The second-order valence-corrected chi connectivity index (χ2v) is 2.70. The van der Waals surface area contributed by atoms with Crippen molar-refractivity contribution in [3.05, 3.63) is 29.3 Å². The van der Waals surface area contributed by atoms with Gasteiger partial charge in [-0.1, -0.05) is 12.1 Å².